The smallest absolute Gasteiger partial charge is 0.191 e. The van der Waals surface area contributed by atoms with E-state index in [4.69, 9.17) is 9.47 Å². The van der Waals surface area contributed by atoms with Crippen molar-refractivity contribution in [2.45, 2.75) is 23.8 Å². The van der Waals surface area contributed by atoms with Gasteiger partial charge < -0.3 is 25.0 Å². The first-order chi connectivity index (χ1) is 14.7. The predicted octanol–water partition coefficient (Wildman–Crippen LogP) is 3.63. The number of hydrogen-bond acceptors (Lipinski definition) is 5. The summed E-state index contributed by atoms with van der Waals surface area (Å²) in [6.45, 7) is 2.84. The molecule has 6 nitrogen and oxygen atoms in total. The van der Waals surface area contributed by atoms with Crippen molar-refractivity contribution in [2.24, 2.45) is 4.99 Å². The van der Waals surface area contributed by atoms with E-state index in [0.717, 1.165) is 61.4 Å². The number of nitrogens with one attached hydrogen (secondary N) is 2. The van der Waals surface area contributed by atoms with Gasteiger partial charge in [-0.3, -0.25) is 4.99 Å². The van der Waals surface area contributed by atoms with E-state index in [0.29, 0.717) is 6.04 Å². The summed E-state index contributed by atoms with van der Waals surface area (Å²) in [5.41, 5.74) is 1.14. The van der Waals surface area contributed by atoms with Crippen molar-refractivity contribution < 1.29 is 9.47 Å². The minimum Gasteiger partial charge on any atom is -0.497 e. The molecule has 0 aliphatic carbocycles. The first kappa shape index (κ1) is 22.2. The van der Waals surface area contributed by atoms with Crippen LogP contribution in [0.5, 0.6) is 11.5 Å². The number of methoxy groups -OCH3 is 2. The number of anilines is 1. The Morgan fingerprint density at radius 1 is 1.07 bits per heavy atom. The first-order valence-corrected chi connectivity index (χ1v) is 11.3. The highest BCUT2D eigenvalue weighted by Crippen LogP contribution is 2.30. The quantitative estimate of drug-likeness (QED) is 0.290. The SMILES string of the molecule is CN=C(NCCSc1ccccc1)NC1CCN(c2cc(OC)cc(OC)c2)CC1. The fraction of sp³-hybridized carbons (Fsp3) is 0.435. The zero-order valence-corrected chi connectivity index (χ0v) is 18.9. The van der Waals surface area contributed by atoms with Crippen molar-refractivity contribution in [3.63, 3.8) is 0 Å². The van der Waals surface area contributed by atoms with Crippen LogP contribution in [0.3, 0.4) is 0 Å². The molecule has 1 fully saturated rings. The Morgan fingerprint density at radius 3 is 2.33 bits per heavy atom. The van der Waals surface area contributed by atoms with Crippen LogP contribution in [0.2, 0.25) is 0 Å². The van der Waals surface area contributed by atoms with Crippen LogP contribution in [0.25, 0.3) is 0 Å². The molecule has 3 rings (SSSR count). The molecule has 0 unspecified atom stereocenters. The van der Waals surface area contributed by atoms with Crippen LogP contribution in [0.15, 0.2) is 58.4 Å². The van der Waals surface area contributed by atoms with Gasteiger partial charge in [0.2, 0.25) is 0 Å². The highest BCUT2D eigenvalue weighted by atomic mass is 32.2. The Labute approximate surface area is 184 Å². The third-order valence-electron chi connectivity index (χ3n) is 5.17. The largest absolute Gasteiger partial charge is 0.497 e. The standard InChI is InChI=1S/C23H32N4O2S/c1-24-23(25-11-14-30-22-7-5-4-6-8-22)26-18-9-12-27(13-10-18)19-15-20(28-2)17-21(16-19)29-3/h4-8,15-18H,9-14H2,1-3H3,(H2,24,25,26). The van der Waals surface area contributed by atoms with Crippen LogP contribution in [-0.2, 0) is 0 Å². The molecular formula is C23H32N4O2S. The van der Waals surface area contributed by atoms with E-state index in [1.165, 1.54) is 4.90 Å². The number of ether oxygens (including phenoxy) is 2. The Morgan fingerprint density at radius 2 is 1.73 bits per heavy atom. The van der Waals surface area contributed by atoms with Gasteiger partial charge in [-0.15, -0.1) is 11.8 Å². The van der Waals surface area contributed by atoms with Gasteiger partial charge in [-0.2, -0.15) is 0 Å². The average molecular weight is 429 g/mol. The number of piperidine rings is 1. The van der Waals surface area contributed by atoms with E-state index >= 15 is 0 Å². The molecule has 0 aromatic heterocycles. The molecule has 2 aromatic rings. The zero-order chi connectivity index (χ0) is 21.2. The maximum atomic E-state index is 5.41. The molecule has 0 saturated carbocycles. The molecule has 7 heteroatoms. The molecule has 162 valence electrons. The molecule has 1 aliphatic heterocycles. The van der Waals surface area contributed by atoms with Gasteiger partial charge in [-0.25, -0.2) is 0 Å². The van der Waals surface area contributed by atoms with Gasteiger partial charge in [-0.05, 0) is 25.0 Å². The van der Waals surface area contributed by atoms with Crippen LogP contribution in [0.1, 0.15) is 12.8 Å². The number of aliphatic imine (C=N–C) groups is 1. The number of thioether (sulfide) groups is 1. The van der Waals surface area contributed by atoms with Gasteiger partial charge in [-0.1, -0.05) is 18.2 Å². The van der Waals surface area contributed by atoms with Crippen molar-refractivity contribution in [1.82, 2.24) is 10.6 Å². The van der Waals surface area contributed by atoms with E-state index < -0.39 is 0 Å². The normalized spacial score (nSPS) is 15.0. The number of nitrogens with zero attached hydrogens (tertiary/aromatic N) is 2. The molecule has 1 saturated heterocycles. The van der Waals surface area contributed by atoms with Crippen LogP contribution in [0, 0.1) is 0 Å². The van der Waals surface area contributed by atoms with E-state index in [-0.39, 0.29) is 0 Å². The molecule has 2 aromatic carbocycles. The molecule has 0 radical (unpaired) electrons. The maximum absolute atomic E-state index is 5.41. The molecular weight excluding hydrogens is 396 g/mol. The molecule has 0 amide bonds. The Hall–Kier alpha value is -2.54. The Bertz CT molecular complexity index is 786. The second-order valence-electron chi connectivity index (χ2n) is 7.14. The summed E-state index contributed by atoms with van der Waals surface area (Å²) in [4.78, 5) is 8.07. The first-order valence-electron chi connectivity index (χ1n) is 10.3. The van der Waals surface area contributed by atoms with Crippen molar-refractivity contribution in [3.8, 4) is 11.5 Å². The van der Waals surface area contributed by atoms with Gasteiger partial charge in [0.25, 0.3) is 0 Å². The van der Waals surface area contributed by atoms with E-state index in [2.05, 4.69) is 56.9 Å². The Kier molecular flexibility index (Phi) is 8.56. The third-order valence-corrected chi connectivity index (χ3v) is 6.18. The van der Waals surface area contributed by atoms with Crippen LogP contribution in [0.4, 0.5) is 5.69 Å². The number of rotatable bonds is 8. The van der Waals surface area contributed by atoms with Gasteiger partial charge in [0, 0.05) is 67.3 Å². The number of guanidine groups is 1. The molecule has 1 aliphatic rings. The fourth-order valence-electron chi connectivity index (χ4n) is 3.50. The minimum atomic E-state index is 0.418. The monoisotopic (exact) mass is 428 g/mol. The van der Waals surface area contributed by atoms with Gasteiger partial charge in [0.15, 0.2) is 5.96 Å². The van der Waals surface area contributed by atoms with Crippen molar-refractivity contribution >= 4 is 23.4 Å². The highest BCUT2D eigenvalue weighted by molar-refractivity contribution is 7.99. The molecule has 0 atom stereocenters. The zero-order valence-electron chi connectivity index (χ0n) is 18.1. The van der Waals surface area contributed by atoms with E-state index in [1.54, 1.807) is 14.2 Å². The van der Waals surface area contributed by atoms with Gasteiger partial charge in [0.05, 0.1) is 14.2 Å². The Balaban J connectivity index is 1.43. The molecule has 1 heterocycles. The molecule has 2 N–H and O–H groups in total. The van der Waals surface area contributed by atoms with Gasteiger partial charge in [0.1, 0.15) is 11.5 Å². The lowest BCUT2D eigenvalue weighted by molar-refractivity contribution is 0.393. The van der Waals surface area contributed by atoms with Crippen molar-refractivity contribution in [1.29, 1.82) is 0 Å². The number of hydrogen-bond donors (Lipinski definition) is 2. The van der Waals surface area contributed by atoms with Gasteiger partial charge >= 0.3 is 0 Å². The second kappa shape index (κ2) is 11.6. The fourth-order valence-corrected chi connectivity index (χ4v) is 4.29. The van der Waals surface area contributed by atoms with E-state index in [9.17, 15) is 0 Å². The molecule has 30 heavy (non-hydrogen) atoms. The third kappa shape index (κ3) is 6.49. The summed E-state index contributed by atoms with van der Waals surface area (Å²) in [5, 5.41) is 7.01. The topological polar surface area (TPSA) is 58.1 Å². The summed E-state index contributed by atoms with van der Waals surface area (Å²) in [5.74, 6) is 3.52. The molecule has 0 spiro atoms. The van der Waals surface area contributed by atoms with Crippen LogP contribution < -0.4 is 25.0 Å². The lowest BCUT2D eigenvalue weighted by Gasteiger charge is -2.34. The summed E-state index contributed by atoms with van der Waals surface area (Å²) >= 11 is 1.85. The van der Waals surface area contributed by atoms with Crippen molar-refractivity contribution in [3.05, 3.63) is 48.5 Å². The van der Waals surface area contributed by atoms with Crippen LogP contribution in [-0.4, -0.2) is 58.7 Å². The van der Waals surface area contributed by atoms with Crippen molar-refractivity contribution in [2.75, 3.05) is 51.6 Å². The summed E-state index contributed by atoms with van der Waals surface area (Å²) in [7, 11) is 5.20. The lowest BCUT2D eigenvalue weighted by atomic mass is 10.0. The predicted molar refractivity (Wildman–Crippen MR) is 126 cm³/mol. The summed E-state index contributed by atoms with van der Waals surface area (Å²) in [6, 6.07) is 16.9. The lowest BCUT2D eigenvalue weighted by Crippen LogP contribution is -2.49. The molecule has 0 bridgehead atoms. The maximum Gasteiger partial charge on any atom is 0.191 e. The van der Waals surface area contributed by atoms with Crippen LogP contribution >= 0.6 is 11.8 Å². The summed E-state index contributed by atoms with van der Waals surface area (Å²) in [6.07, 6.45) is 2.11. The average Bonchev–Trinajstić information content (AvgIpc) is 2.81. The summed E-state index contributed by atoms with van der Waals surface area (Å²) < 4.78 is 10.8. The number of benzene rings is 2. The second-order valence-corrected chi connectivity index (χ2v) is 8.31. The van der Waals surface area contributed by atoms with E-state index in [1.807, 2.05) is 30.9 Å². The minimum absolute atomic E-state index is 0.418. The highest BCUT2D eigenvalue weighted by Gasteiger charge is 2.21.